The second-order valence-electron chi connectivity index (χ2n) is 5.69. The number of anilines is 1. The highest BCUT2D eigenvalue weighted by Gasteiger charge is 2.08. The lowest BCUT2D eigenvalue weighted by molar-refractivity contribution is 0.400. The highest BCUT2D eigenvalue weighted by Crippen LogP contribution is 2.21. The number of hydrogen-bond donors (Lipinski definition) is 2. The van der Waals surface area contributed by atoms with Gasteiger partial charge in [0.25, 0.3) is 0 Å². The van der Waals surface area contributed by atoms with E-state index >= 15 is 0 Å². The monoisotopic (exact) mass is 429 g/mol. The number of thiocarbonyl (C=S) groups is 1. The zero-order valence-electron chi connectivity index (χ0n) is 13.7. The molecule has 0 spiro atoms. The second kappa shape index (κ2) is 9.36. The highest BCUT2D eigenvalue weighted by atomic mass is 79.9. The Morgan fingerprint density at radius 3 is 2.71 bits per heavy atom. The lowest BCUT2D eigenvalue weighted by Gasteiger charge is -2.11. The summed E-state index contributed by atoms with van der Waals surface area (Å²) in [5.41, 5.74) is 1.13. The van der Waals surface area contributed by atoms with Crippen molar-refractivity contribution in [1.29, 1.82) is 0 Å². The minimum Gasteiger partial charge on any atom is -0.362 e. The molecule has 8 heteroatoms. The zero-order chi connectivity index (χ0) is 17.5. The van der Waals surface area contributed by atoms with Gasteiger partial charge in [-0.1, -0.05) is 23.7 Å². The molecule has 0 amide bonds. The van der Waals surface area contributed by atoms with Crippen molar-refractivity contribution in [3.63, 3.8) is 0 Å². The molecule has 1 aromatic carbocycles. The molecule has 0 atom stereocenters. The van der Waals surface area contributed by atoms with E-state index in [1.54, 1.807) is 0 Å². The summed E-state index contributed by atoms with van der Waals surface area (Å²) in [5, 5.41) is 12.1. The van der Waals surface area contributed by atoms with Crippen LogP contribution in [0.25, 0.3) is 0 Å². The summed E-state index contributed by atoms with van der Waals surface area (Å²) in [6, 6.07) is 7.73. The summed E-state index contributed by atoms with van der Waals surface area (Å²) in [6.45, 7) is 2.52. The SMILES string of the molecule is CN(C)CCCNC(=S)Nc1nn(Cc2ccc(Cl)cc2)cc1Br. The molecule has 2 N–H and O–H groups in total. The van der Waals surface area contributed by atoms with E-state index < -0.39 is 0 Å². The maximum atomic E-state index is 5.91. The van der Waals surface area contributed by atoms with Gasteiger partial charge in [0.1, 0.15) is 0 Å². The maximum Gasteiger partial charge on any atom is 0.172 e. The Morgan fingerprint density at radius 1 is 1.33 bits per heavy atom. The number of nitrogens with one attached hydrogen (secondary N) is 2. The largest absolute Gasteiger partial charge is 0.362 e. The summed E-state index contributed by atoms with van der Waals surface area (Å²) in [7, 11) is 4.11. The van der Waals surface area contributed by atoms with Gasteiger partial charge in [0, 0.05) is 17.8 Å². The van der Waals surface area contributed by atoms with Crippen LogP contribution in [0.1, 0.15) is 12.0 Å². The first-order chi connectivity index (χ1) is 11.4. The third kappa shape index (κ3) is 6.39. The molecule has 0 aliphatic heterocycles. The number of hydrogen-bond acceptors (Lipinski definition) is 3. The predicted octanol–water partition coefficient (Wildman–Crippen LogP) is 3.59. The highest BCUT2D eigenvalue weighted by molar-refractivity contribution is 9.10. The van der Waals surface area contributed by atoms with Crippen LogP contribution in [0.3, 0.4) is 0 Å². The molecule has 1 heterocycles. The van der Waals surface area contributed by atoms with Crippen molar-refractivity contribution >= 4 is 50.7 Å². The number of rotatable bonds is 7. The van der Waals surface area contributed by atoms with Crippen LogP contribution in [0.15, 0.2) is 34.9 Å². The van der Waals surface area contributed by atoms with Crippen molar-refractivity contribution in [2.45, 2.75) is 13.0 Å². The first-order valence-electron chi connectivity index (χ1n) is 7.61. The first kappa shape index (κ1) is 19.2. The summed E-state index contributed by atoms with van der Waals surface area (Å²) in [5.74, 6) is 0.703. The Labute approximate surface area is 161 Å². The molecule has 0 radical (unpaired) electrons. The van der Waals surface area contributed by atoms with Gasteiger partial charge in [-0.15, -0.1) is 0 Å². The van der Waals surface area contributed by atoms with E-state index in [0.29, 0.717) is 17.5 Å². The zero-order valence-corrected chi connectivity index (χ0v) is 16.9. The lowest BCUT2D eigenvalue weighted by atomic mass is 10.2. The summed E-state index contributed by atoms with van der Waals surface area (Å²) in [4.78, 5) is 2.15. The third-order valence-electron chi connectivity index (χ3n) is 3.27. The van der Waals surface area contributed by atoms with Gasteiger partial charge in [0.15, 0.2) is 10.9 Å². The second-order valence-corrected chi connectivity index (χ2v) is 7.39. The van der Waals surface area contributed by atoms with E-state index in [2.05, 4.69) is 50.7 Å². The van der Waals surface area contributed by atoms with Gasteiger partial charge in [0.2, 0.25) is 0 Å². The number of aromatic nitrogens is 2. The molecule has 0 bridgehead atoms. The smallest absolute Gasteiger partial charge is 0.172 e. The maximum absolute atomic E-state index is 5.91. The quantitative estimate of drug-likeness (QED) is 0.519. The Balaban J connectivity index is 1.86. The van der Waals surface area contributed by atoms with E-state index in [0.717, 1.165) is 34.6 Å². The van der Waals surface area contributed by atoms with Crippen molar-refractivity contribution in [3.8, 4) is 0 Å². The lowest BCUT2D eigenvalue weighted by Crippen LogP contribution is -2.31. The summed E-state index contributed by atoms with van der Waals surface area (Å²) >= 11 is 14.7. The predicted molar refractivity (Wildman–Crippen MR) is 108 cm³/mol. The fraction of sp³-hybridized carbons (Fsp3) is 0.375. The molecule has 0 aliphatic rings. The van der Waals surface area contributed by atoms with Crippen LogP contribution in [0.5, 0.6) is 0 Å². The van der Waals surface area contributed by atoms with Gasteiger partial charge in [-0.05, 0) is 72.9 Å². The molecule has 1 aromatic heterocycles. The molecule has 0 unspecified atom stereocenters. The molecule has 0 saturated heterocycles. The third-order valence-corrected chi connectivity index (χ3v) is 4.35. The average molecular weight is 431 g/mol. The van der Waals surface area contributed by atoms with E-state index in [1.165, 1.54) is 0 Å². The van der Waals surface area contributed by atoms with Crippen LogP contribution < -0.4 is 10.6 Å². The van der Waals surface area contributed by atoms with Crippen LogP contribution >= 0.6 is 39.7 Å². The van der Waals surface area contributed by atoms with Crippen molar-refractivity contribution in [2.75, 3.05) is 32.5 Å². The van der Waals surface area contributed by atoms with Crippen LogP contribution in [-0.4, -0.2) is 47.0 Å². The molecule has 5 nitrogen and oxygen atoms in total. The Hall–Kier alpha value is -1.15. The Bertz CT molecular complexity index is 672. The molecule has 0 fully saturated rings. The number of nitrogens with zero attached hydrogens (tertiary/aromatic N) is 3. The van der Waals surface area contributed by atoms with Crippen molar-refractivity contribution < 1.29 is 0 Å². The van der Waals surface area contributed by atoms with E-state index in [-0.39, 0.29) is 0 Å². The molecule has 0 aliphatic carbocycles. The summed E-state index contributed by atoms with van der Waals surface area (Å²) in [6.07, 6.45) is 2.95. The van der Waals surface area contributed by atoms with Gasteiger partial charge in [-0.2, -0.15) is 5.10 Å². The van der Waals surface area contributed by atoms with Crippen molar-refractivity contribution in [1.82, 2.24) is 20.0 Å². The molecule has 0 saturated carbocycles. The van der Waals surface area contributed by atoms with Crippen molar-refractivity contribution in [2.24, 2.45) is 0 Å². The normalized spacial score (nSPS) is 10.9. The van der Waals surface area contributed by atoms with Gasteiger partial charge >= 0.3 is 0 Å². The topological polar surface area (TPSA) is 45.1 Å². The Morgan fingerprint density at radius 2 is 2.04 bits per heavy atom. The average Bonchev–Trinajstić information content (AvgIpc) is 2.85. The van der Waals surface area contributed by atoms with Crippen LogP contribution in [0.4, 0.5) is 5.82 Å². The van der Waals surface area contributed by atoms with Crippen molar-refractivity contribution in [3.05, 3.63) is 45.5 Å². The van der Waals surface area contributed by atoms with Gasteiger partial charge in [0.05, 0.1) is 11.0 Å². The minimum atomic E-state index is 0.575. The minimum absolute atomic E-state index is 0.575. The molecular weight excluding hydrogens is 410 g/mol. The first-order valence-corrected chi connectivity index (χ1v) is 9.19. The number of benzene rings is 1. The standard InChI is InChI=1S/C16H21BrClN5S/c1-22(2)9-3-8-19-16(24)20-15-14(17)11-23(21-15)10-12-4-6-13(18)7-5-12/h4-7,11H,3,8-10H2,1-2H3,(H2,19,20,21,24). The van der Waals surface area contributed by atoms with Crippen LogP contribution in [-0.2, 0) is 6.54 Å². The molecule has 2 aromatic rings. The molecule has 2 rings (SSSR count). The molecular formula is C16H21BrClN5S. The van der Waals surface area contributed by atoms with E-state index in [4.69, 9.17) is 23.8 Å². The van der Waals surface area contributed by atoms with Gasteiger partial charge in [-0.25, -0.2) is 0 Å². The van der Waals surface area contributed by atoms with Crippen LogP contribution in [0, 0.1) is 0 Å². The van der Waals surface area contributed by atoms with Gasteiger partial charge < -0.3 is 15.5 Å². The summed E-state index contributed by atoms with van der Waals surface area (Å²) < 4.78 is 2.72. The number of halogens is 2. The molecule has 24 heavy (non-hydrogen) atoms. The van der Waals surface area contributed by atoms with Crippen LogP contribution in [0.2, 0.25) is 5.02 Å². The Kier molecular flexibility index (Phi) is 7.48. The fourth-order valence-corrected chi connectivity index (χ4v) is 2.83. The van der Waals surface area contributed by atoms with E-state index in [1.807, 2.05) is 35.1 Å². The fourth-order valence-electron chi connectivity index (χ4n) is 2.09. The molecule has 130 valence electrons. The van der Waals surface area contributed by atoms with E-state index in [9.17, 15) is 0 Å². The van der Waals surface area contributed by atoms with Gasteiger partial charge in [-0.3, -0.25) is 4.68 Å².